The van der Waals surface area contributed by atoms with Crippen LogP contribution in [0.4, 0.5) is 0 Å². The summed E-state index contributed by atoms with van der Waals surface area (Å²) in [6.45, 7) is 6.31. The fraction of sp³-hybridized carbons (Fsp3) is 0.643. The first kappa shape index (κ1) is 58.5. The molecular weight excluding hydrogens is 767 g/mol. The molecule has 0 heterocycles. The van der Waals surface area contributed by atoms with Crippen molar-refractivity contribution < 1.29 is 24.5 Å². The fourth-order valence-corrected chi connectivity index (χ4v) is 6.86. The maximum absolute atomic E-state index is 13.2. The number of hydrogen-bond donors (Lipinski definition) is 3. The lowest BCUT2D eigenvalue weighted by Gasteiger charge is -2.24. The summed E-state index contributed by atoms with van der Waals surface area (Å²) in [6, 6.07) is -0.733. The predicted octanol–water partition coefficient (Wildman–Crippen LogP) is 15.1. The molecule has 0 aliphatic carbocycles. The number of rotatable bonds is 43. The molecule has 0 bridgehead atoms. The summed E-state index contributed by atoms with van der Waals surface area (Å²) in [5.41, 5.74) is 0. The van der Waals surface area contributed by atoms with E-state index in [4.69, 9.17) is 4.74 Å². The Bertz CT molecular complexity index is 1280. The maximum Gasteiger partial charge on any atom is 0.306 e. The molecule has 3 N–H and O–H groups in total. The third-order valence-electron chi connectivity index (χ3n) is 10.7. The molecule has 0 rings (SSSR count). The van der Waals surface area contributed by atoms with E-state index in [0.29, 0.717) is 25.7 Å². The zero-order valence-corrected chi connectivity index (χ0v) is 40.0. The molecule has 0 spiro atoms. The molecule has 1 amide bonds. The van der Waals surface area contributed by atoms with Gasteiger partial charge in [-0.1, -0.05) is 220 Å². The Kier molecular flexibility index (Phi) is 45.8. The van der Waals surface area contributed by atoms with Crippen molar-refractivity contribution in [3.63, 3.8) is 0 Å². The molecule has 3 unspecified atom stereocenters. The van der Waals surface area contributed by atoms with Crippen molar-refractivity contribution in [3.8, 4) is 0 Å². The van der Waals surface area contributed by atoms with Gasteiger partial charge in [0.05, 0.1) is 25.2 Å². The van der Waals surface area contributed by atoms with Gasteiger partial charge in [0.15, 0.2) is 0 Å². The van der Waals surface area contributed by atoms with Crippen molar-refractivity contribution in [2.45, 2.75) is 225 Å². The Labute approximate surface area is 381 Å². The molecule has 0 aliphatic rings. The van der Waals surface area contributed by atoms with Gasteiger partial charge in [0.1, 0.15) is 6.10 Å². The van der Waals surface area contributed by atoms with Crippen LogP contribution in [0.1, 0.15) is 207 Å². The highest BCUT2D eigenvalue weighted by molar-refractivity contribution is 5.77. The quantitative estimate of drug-likeness (QED) is 0.0246. The zero-order valence-electron chi connectivity index (χ0n) is 40.0. The molecular formula is C56H93NO5. The van der Waals surface area contributed by atoms with Crippen LogP contribution in [0.25, 0.3) is 0 Å². The highest BCUT2D eigenvalue weighted by Crippen LogP contribution is 2.16. The van der Waals surface area contributed by atoms with Gasteiger partial charge < -0.3 is 20.3 Å². The average molecular weight is 860 g/mol. The van der Waals surface area contributed by atoms with E-state index in [1.54, 1.807) is 0 Å². The van der Waals surface area contributed by atoms with E-state index in [2.05, 4.69) is 99.0 Å². The molecule has 0 saturated carbocycles. The standard InChI is InChI=1S/C56H93NO5/c1-4-7-10-13-16-19-22-24-26-28-30-32-34-37-40-43-46-49-56(61)62-52(47-44-41-38-35-33-31-29-27-25-23-20-17-14-11-8-5-2)50-55(60)57-53(51-58)54(59)48-45-42-39-36-21-18-15-12-9-6-3/h11,14,16-17,19-20,23-27,29-33,37,40,52-54,58-59H,4-10,12-13,15,18,21-22,28,34-36,38-39,41-51H2,1-3H3,(H,57,60)/b14-11+,19-16-,20-17+,25-23+,26-24-,29-27+,32-30-,33-31+,40-37-. The smallest absolute Gasteiger partial charge is 0.306 e. The number of esters is 1. The summed E-state index contributed by atoms with van der Waals surface area (Å²) in [4.78, 5) is 26.1. The molecule has 0 aromatic heterocycles. The van der Waals surface area contributed by atoms with Crippen molar-refractivity contribution in [2.24, 2.45) is 0 Å². The number of ether oxygens (including phenoxy) is 1. The number of hydrogen-bond acceptors (Lipinski definition) is 5. The van der Waals surface area contributed by atoms with Crippen LogP contribution in [-0.2, 0) is 14.3 Å². The minimum atomic E-state index is -0.815. The number of nitrogens with one attached hydrogen (secondary N) is 1. The normalized spacial score (nSPS) is 14.2. The highest BCUT2D eigenvalue weighted by atomic mass is 16.5. The van der Waals surface area contributed by atoms with Crippen molar-refractivity contribution in [1.29, 1.82) is 0 Å². The van der Waals surface area contributed by atoms with E-state index in [1.807, 2.05) is 36.5 Å². The molecule has 0 aromatic carbocycles. The zero-order chi connectivity index (χ0) is 45.2. The molecule has 0 fully saturated rings. The summed E-state index contributed by atoms with van der Waals surface area (Å²) in [5, 5.41) is 23.7. The number of aliphatic hydroxyl groups is 2. The second-order valence-corrected chi connectivity index (χ2v) is 16.6. The molecule has 3 atom stereocenters. The summed E-state index contributed by atoms with van der Waals surface area (Å²) in [6.07, 6.45) is 65.7. The lowest BCUT2D eigenvalue weighted by Crippen LogP contribution is -2.46. The monoisotopic (exact) mass is 860 g/mol. The van der Waals surface area contributed by atoms with E-state index in [-0.39, 0.29) is 24.9 Å². The minimum absolute atomic E-state index is 0.0207. The van der Waals surface area contributed by atoms with Crippen LogP contribution < -0.4 is 5.32 Å². The van der Waals surface area contributed by atoms with Crippen LogP contribution in [0.5, 0.6) is 0 Å². The maximum atomic E-state index is 13.2. The molecule has 0 aromatic rings. The Morgan fingerprint density at radius 3 is 1.48 bits per heavy atom. The Morgan fingerprint density at radius 2 is 0.919 bits per heavy atom. The van der Waals surface area contributed by atoms with Gasteiger partial charge in [-0.3, -0.25) is 9.59 Å². The first-order chi connectivity index (χ1) is 30.5. The van der Waals surface area contributed by atoms with Crippen molar-refractivity contribution in [1.82, 2.24) is 5.32 Å². The van der Waals surface area contributed by atoms with Gasteiger partial charge in [-0.25, -0.2) is 0 Å². The second kappa shape index (κ2) is 48.6. The summed E-state index contributed by atoms with van der Waals surface area (Å²) in [7, 11) is 0. The van der Waals surface area contributed by atoms with E-state index in [9.17, 15) is 19.8 Å². The number of aliphatic hydroxyl groups excluding tert-OH is 2. The molecule has 6 heteroatoms. The SMILES string of the molecule is CCC/C=C/C=C/C=C/C=C/C=C/CCCCCC(CC(=O)NC(CO)C(O)CCCCCCCCCCCC)OC(=O)CCC/C=C\C/C=C\C/C=C\C/C=C\CCCCC. The Balaban J connectivity index is 4.82. The molecule has 0 saturated heterocycles. The van der Waals surface area contributed by atoms with E-state index in [0.717, 1.165) is 83.5 Å². The van der Waals surface area contributed by atoms with Crippen molar-refractivity contribution >= 4 is 11.9 Å². The van der Waals surface area contributed by atoms with Crippen LogP contribution in [0.15, 0.2) is 109 Å². The summed E-state index contributed by atoms with van der Waals surface area (Å²) in [5.74, 6) is -0.595. The van der Waals surface area contributed by atoms with E-state index < -0.39 is 18.2 Å². The van der Waals surface area contributed by atoms with Gasteiger partial charge in [-0.2, -0.15) is 0 Å². The Morgan fingerprint density at radius 1 is 0.484 bits per heavy atom. The second-order valence-electron chi connectivity index (χ2n) is 16.6. The highest BCUT2D eigenvalue weighted by Gasteiger charge is 2.24. The van der Waals surface area contributed by atoms with E-state index >= 15 is 0 Å². The molecule has 6 nitrogen and oxygen atoms in total. The Hall–Kier alpha value is -3.48. The molecule has 62 heavy (non-hydrogen) atoms. The van der Waals surface area contributed by atoms with Crippen LogP contribution >= 0.6 is 0 Å². The summed E-state index contributed by atoms with van der Waals surface area (Å²) >= 11 is 0. The third kappa shape index (κ3) is 43.2. The molecule has 0 radical (unpaired) electrons. The fourth-order valence-electron chi connectivity index (χ4n) is 6.86. The molecule has 352 valence electrons. The van der Waals surface area contributed by atoms with Crippen LogP contribution in [0, 0.1) is 0 Å². The number of allylic oxidation sites excluding steroid dienone is 18. The van der Waals surface area contributed by atoms with Crippen molar-refractivity contribution in [3.05, 3.63) is 109 Å². The minimum Gasteiger partial charge on any atom is -0.462 e. The topological polar surface area (TPSA) is 95.9 Å². The van der Waals surface area contributed by atoms with Crippen molar-refractivity contribution in [2.75, 3.05) is 6.61 Å². The number of amides is 1. The first-order valence-electron chi connectivity index (χ1n) is 25.2. The van der Waals surface area contributed by atoms with Crippen LogP contribution in [-0.4, -0.2) is 46.9 Å². The van der Waals surface area contributed by atoms with Gasteiger partial charge >= 0.3 is 5.97 Å². The lowest BCUT2D eigenvalue weighted by molar-refractivity contribution is -0.151. The van der Waals surface area contributed by atoms with Gasteiger partial charge in [0.25, 0.3) is 0 Å². The van der Waals surface area contributed by atoms with Gasteiger partial charge in [0.2, 0.25) is 5.91 Å². The van der Waals surface area contributed by atoms with Gasteiger partial charge in [-0.15, -0.1) is 0 Å². The van der Waals surface area contributed by atoms with Crippen LogP contribution in [0.3, 0.4) is 0 Å². The first-order valence-corrected chi connectivity index (χ1v) is 25.2. The largest absolute Gasteiger partial charge is 0.462 e. The number of carbonyl (C=O) groups is 2. The predicted molar refractivity (Wildman–Crippen MR) is 268 cm³/mol. The summed E-state index contributed by atoms with van der Waals surface area (Å²) < 4.78 is 5.88. The number of carbonyl (C=O) groups excluding carboxylic acids is 2. The van der Waals surface area contributed by atoms with E-state index in [1.165, 1.54) is 70.6 Å². The number of unbranched alkanes of at least 4 members (excludes halogenated alkanes) is 17. The van der Waals surface area contributed by atoms with Gasteiger partial charge in [-0.05, 0) is 83.5 Å². The average Bonchev–Trinajstić information content (AvgIpc) is 3.26. The van der Waals surface area contributed by atoms with Crippen LogP contribution in [0.2, 0.25) is 0 Å². The van der Waals surface area contributed by atoms with Gasteiger partial charge in [0, 0.05) is 6.42 Å². The lowest BCUT2D eigenvalue weighted by atomic mass is 10.0. The molecule has 0 aliphatic heterocycles. The third-order valence-corrected chi connectivity index (χ3v) is 10.7.